The summed E-state index contributed by atoms with van der Waals surface area (Å²) in [4.78, 5) is 31.4. The number of ketones is 1. The molecule has 0 unspecified atom stereocenters. The number of carbonyl (C=O) groups excluding carboxylic acids is 2. The third-order valence-corrected chi connectivity index (χ3v) is 5.12. The zero-order valence-corrected chi connectivity index (χ0v) is 16.0. The Labute approximate surface area is 170 Å². The molecular formula is C24H22N2O3. The van der Waals surface area contributed by atoms with Crippen LogP contribution in [0.1, 0.15) is 33.6 Å². The third kappa shape index (κ3) is 4.51. The summed E-state index contributed by atoms with van der Waals surface area (Å²) in [7, 11) is 0. The van der Waals surface area contributed by atoms with Crippen molar-refractivity contribution in [2.24, 2.45) is 5.92 Å². The zero-order valence-electron chi connectivity index (χ0n) is 16.0. The number of para-hydroxylation sites is 1. The van der Waals surface area contributed by atoms with Gasteiger partial charge in [0.1, 0.15) is 11.5 Å². The smallest absolute Gasteiger partial charge is 0.253 e. The molecule has 3 aromatic rings. The molecule has 0 N–H and O–H groups in total. The van der Waals surface area contributed by atoms with Gasteiger partial charge in [-0.05, 0) is 61.4 Å². The van der Waals surface area contributed by atoms with Crippen molar-refractivity contribution in [2.75, 3.05) is 13.1 Å². The summed E-state index contributed by atoms with van der Waals surface area (Å²) in [6.45, 7) is 1.12. The topological polar surface area (TPSA) is 59.5 Å². The molecule has 1 atom stereocenters. The molecule has 2 aromatic carbocycles. The van der Waals surface area contributed by atoms with E-state index in [1.54, 1.807) is 41.6 Å². The van der Waals surface area contributed by atoms with Gasteiger partial charge in [-0.2, -0.15) is 0 Å². The number of Topliss-reactive ketones (excluding diaryl/α,β-unsaturated/α-hetero) is 1. The van der Waals surface area contributed by atoms with E-state index in [9.17, 15) is 9.59 Å². The van der Waals surface area contributed by atoms with Gasteiger partial charge in [0.05, 0.1) is 0 Å². The van der Waals surface area contributed by atoms with Gasteiger partial charge in [-0.15, -0.1) is 0 Å². The molecule has 0 aliphatic carbocycles. The summed E-state index contributed by atoms with van der Waals surface area (Å²) in [6, 6.07) is 20.1. The largest absolute Gasteiger partial charge is 0.457 e. The number of pyridine rings is 1. The number of nitrogens with zero attached hydrogens (tertiary/aromatic N) is 2. The highest BCUT2D eigenvalue weighted by Crippen LogP contribution is 2.25. The highest BCUT2D eigenvalue weighted by Gasteiger charge is 2.29. The number of amides is 1. The highest BCUT2D eigenvalue weighted by atomic mass is 16.5. The van der Waals surface area contributed by atoms with E-state index in [-0.39, 0.29) is 17.6 Å². The molecule has 4 rings (SSSR count). The summed E-state index contributed by atoms with van der Waals surface area (Å²) >= 11 is 0. The molecule has 5 heteroatoms. The van der Waals surface area contributed by atoms with E-state index < -0.39 is 0 Å². The lowest BCUT2D eigenvalue weighted by Gasteiger charge is -2.32. The molecule has 1 amide bonds. The average Bonchev–Trinajstić information content (AvgIpc) is 2.80. The maximum Gasteiger partial charge on any atom is 0.253 e. The Hall–Kier alpha value is -3.47. The first-order chi connectivity index (χ1) is 14.2. The molecule has 5 nitrogen and oxygen atoms in total. The maximum atomic E-state index is 13.0. The van der Waals surface area contributed by atoms with Gasteiger partial charge < -0.3 is 9.64 Å². The molecule has 0 spiro atoms. The molecule has 2 heterocycles. The van der Waals surface area contributed by atoms with Crippen molar-refractivity contribution in [1.29, 1.82) is 0 Å². The Morgan fingerprint density at radius 2 is 1.55 bits per heavy atom. The number of hydrogen-bond acceptors (Lipinski definition) is 4. The van der Waals surface area contributed by atoms with E-state index >= 15 is 0 Å². The van der Waals surface area contributed by atoms with Crippen molar-refractivity contribution < 1.29 is 14.3 Å². The van der Waals surface area contributed by atoms with Crippen LogP contribution in [-0.4, -0.2) is 34.7 Å². The average molecular weight is 386 g/mol. The molecule has 0 bridgehead atoms. The van der Waals surface area contributed by atoms with Gasteiger partial charge >= 0.3 is 0 Å². The molecule has 1 aliphatic rings. The summed E-state index contributed by atoms with van der Waals surface area (Å²) in [6.07, 6.45) is 4.83. The Kier molecular flexibility index (Phi) is 5.66. The van der Waals surface area contributed by atoms with Crippen molar-refractivity contribution >= 4 is 11.7 Å². The number of ether oxygens (including phenoxy) is 1. The highest BCUT2D eigenvalue weighted by molar-refractivity contribution is 5.99. The number of hydrogen-bond donors (Lipinski definition) is 0. The van der Waals surface area contributed by atoms with Crippen molar-refractivity contribution in [1.82, 2.24) is 9.88 Å². The SMILES string of the molecule is O=C(c1ccc(Oc2ccccc2)cc1)[C@H]1CCCN(C(=O)c2ccncc2)C1. The standard InChI is InChI=1S/C24H22N2O3/c27-23(18-8-10-22(11-9-18)29-21-6-2-1-3-7-21)20-5-4-16-26(17-20)24(28)19-12-14-25-15-13-19/h1-3,6-15,20H,4-5,16-17H2/t20-/m0/s1. The first-order valence-electron chi connectivity index (χ1n) is 9.77. The van der Waals surface area contributed by atoms with Crippen LogP contribution in [0, 0.1) is 5.92 Å². The minimum absolute atomic E-state index is 0.0449. The third-order valence-electron chi connectivity index (χ3n) is 5.12. The fourth-order valence-electron chi connectivity index (χ4n) is 3.60. The molecule has 0 radical (unpaired) electrons. The Balaban J connectivity index is 1.41. The Bertz CT molecular complexity index is 972. The first kappa shape index (κ1) is 18.9. The minimum Gasteiger partial charge on any atom is -0.457 e. The van der Waals surface area contributed by atoms with Gasteiger partial charge in [0.25, 0.3) is 5.91 Å². The Morgan fingerprint density at radius 3 is 2.28 bits per heavy atom. The van der Waals surface area contributed by atoms with E-state index in [1.165, 1.54) is 0 Å². The van der Waals surface area contributed by atoms with Gasteiger partial charge in [0.15, 0.2) is 5.78 Å². The second-order valence-corrected chi connectivity index (χ2v) is 7.13. The number of likely N-dealkylation sites (tertiary alicyclic amines) is 1. The van der Waals surface area contributed by atoms with Crippen LogP contribution in [0.2, 0.25) is 0 Å². The number of aromatic nitrogens is 1. The van der Waals surface area contributed by atoms with Gasteiger partial charge in [-0.25, -0.2) is 0 Å². The molecule has 1 aliphatic heterocycles. The van der Waals surface area contributed by atoms with Crippen molar-refractivity contribution in [3.63, 3.8) is 0 Å². The maximum absolute atomic E-state index is 13.0. The zero-order chi connectivity index (χ0) is 20.1. The molecular weight excluding hydrogens is 364 g/mol. The monoisotopic (exact) mass is 386 g/mol. The van der Waals surface area contributed by atoms with Crippen LogP contribution >= 0.6 is 0 Å². The normalized spacial score (nSPS) is 16.3. The quantitative estimate of drug-likeness (QED) is 0.601. The number of piperidine rings is 1. The lowest BCUT2D eigenvalue weighted by molar-refractivity contribution is 0.0637. The van der Waals surface area contributed by atoms with E-state index in [0.29, 0.717) is 30.0 Å². The second kappa shape index (κ2) is 8.69. The van der Waals surface area contributed by atoms with E-state index in [2.05, 4.69) is 4.98 Å². The predicted octanol–water partition coefficient (Wildman–Crippen LogP) is 4.61. The molecule has 0 saturated carbocycles. The Morgan fingerprint density at radius 1 is 0.862 bits per heavy atom. The van der Waals surface area contributed by atoms with Gasteiger partial charge in [0, 0.05) is 42.5 Å². The van der Waals surface area contributed by atoms with E-state index in [1.807, 2.05) is 42.5 Å². The second-order valence-electron chi connectivity index (χ2n) is 7.13. The molecule has 1 fully saturated rings. The van der Waals surface area contributed by atoms with Crippen LogP contribution in [0.3, 0.4) is 0 Å². The molecule has 146 valence electrons. The fraction of sp³-hybridized carbons (Fsp3) is 0.208. The first-order valence-corrected chi connectivity index (χ1v) is 9.77. The number of rotatable bonds is 5. The molecule has 29 heavy (non-hydrogen) atoms. The van der Waals surface area contributed by atoms with Crippen molar-refractivity contribution in [2.45, 2.75) is 12.8 Å². The molecule has 1 saturated heterocycles. The summed E-state index contributed by atoms with van der Waals surface area (Å²) < 4.78 is 5.79. The lowest BCUT2D eigenvalue weighted by atomic mass is 9.89. The summed E-state index contributed by atoms with van der Waals surface area (Å²) in [5.74, 6) is 1.28. The van der Waals surface area contributed by atoms with Gasteiger partial charge in [-0.3, -0.25) is 14.6 Å². The number of benzene rings is 2. The lowest BCUT2D eigenvalue weighted by Crippen LogP contribution is -2.42. The van der Waals surface area contributed by atoms with Crippen LogP contribution < -0.4 is 4.74 Å². The van der Waals surface area contributed by atoms with Crippen LogP contribution in [0.5, 0.6) is 11.5 Å². The van der Waals surface area contributed by atoms with E-state index in [0.717, 1.165) is 18.6 Å². The number of carbonyl (C=O) groups is 2. The predicted molar refractivity (Wildman–Crippen MR) is 110 cm³/mol. The van der Waals surface area contributed by atoms with Crippen molar-refractivity contribution in [3.05, 3.63) is 90.3 Å². The van der Waals surface area contributed by atoms with Gasteiger partial charge in [-0.1, -0.05) is 18.2 Å². The van der Waals surface area contributed by atoms with Gasteiger partial charge in [0.2, 0.25) is 0 Å². The summed E-state index contributed by atoms with van der Waals surface area (Å²) in [5, 5.41) is 0. The summed E-state index contributed by atoms with van der Waals surface area (Å²) in [5.41, 5.74) is 1.25. The van der Waals surface area contributed by atoms with Crippen molar-refractivity contribution in [3.8, 4) is 11.5 Å². The molecule has 1 aromatic heterocycles. The fourth-order valence-corrected chi connectivity index (χ4v) is 3.60. The van der Waals surface area contributed by atoms with E-state index in [4.69, 9.17) is 4.74 Å². The van der Waals surface area contributed by atoms with Crippen LogP contribution in [0.4, 0.5) is 0 Å². The van der Waals surface area contributed by atoms with Crippen LogP contribution in [0.15, 0.2) is 79.1 Å². The minimum atomic E-state index is -0.185. The van der Waals surface area contributed by atoms with Crippen LogP contribution in [-0.2, 0) is 0 Å². The van der Waals surface area contributed by atoms with Crippen LogP contribution in [0.25, 0.3) is 0 Å².